The summed E-state index contributed by atoms with van der Waals surface area (Å²) in [4.78, 5) is 83.1. The van der Waals surface area contributed by atoms with Crippen molar-refractivity contribution in [3.8, 4) is 0 Å². The topological polar surface area (TPSA) is 344 Å². The zero-order valence-corrected chi connectivity index (χ0v) is 67.7. The van der Waals surface area contributed by atoms with Crippen LogP contribution in [-0.2, 0) is 105 Å². The Morgan fingerprint density at radius 3 is 0.992 bits per heavy atom. The third kappa shape index (κ3) is 26.5. The van der Waals surface area contributed by atoms with Crippen molar-refractivity contribution in [2.24, 2.45) is 0 Å². The van der Waals surface area contributed by atoms with Crippen LogP contribution in [-0.4, -0.2) is 295 Å². The molecule has 6 aliphatic rings. The van der Waals surface area contributed by atoms with Crippen molar-refractivity contribution < 1.29 is 148 Å². The number of H-pyrrole nitrogens is 6. The van der Waals surface area contributed by atoms with Crippen molar-refractivity contribution in [3.63, 3.8) is 0 Å². The number of nitrogens with one attached hydrogen (secondary N) is 12. The average Bonchev–Trinajstić information content (AvgIpc) is 1.40. The highest BCUT2D eigenvalue weighted by Crippen LogP contribution is 2.29. The molecule has 6 aliphatic heterocycles. The molecule has 0 radical (unpaired) electrons. The van der Waals surface area contributed by atoms with Gasteiger partial charge >= 0.3 is 36.6 Å². The Hall–Kier alpha value is -12.1. The van der Waals surface area contributed by atoms with Gasteiger partial charge in [-0.25, -0.2) is 28.8 Å². The number of hydrogen-bond acceptors (Lipinski definition) is 18. The second-order valence-electron chi connectivity index (χ2n) is 28.0. The molecule has 6 aromatic carbocycles. The third-order valence-electron chi connectivity index (χ3n) is 17.8. The molecule has 12 N–H and O–H groups in total. The van der Waals surface area contributed by atoms with Gasteiger partial charge in [0.1, 0.15) is 39.5 Å². The molecule has 30 nitrogen and oxygen atoms in total. The first-order valence-electron chi connectivity index (χ1n) is 70.4. The molecule has 126 heavy (non-hydrogen) atoms. The molecule has 0 saturated carbocycles. The van der Waals surface area contributed by atoms with E-state index in [0.717, 1.165) is 63.4 Å². The van der Waals surface area contributed by atoms with Gasteiger partial charge in [-0.1, -0.05) is 36.3 Å². The maximum Gasteiger partial charge on any atom is 0.407 e. The number of fused-ring (bicyclic) bond motifs is 6. The molecule has 12 aromatic rings. The van der Waals surface area contributed by atoms with Crippen LogP contribution < -0.4 is 31.9 Å². The number of aryl methyl sites for hydroxylation is 3. The second-order valence-corrected chi connectivity index (χ2v) is 28.0. The molecule has 6 aromatic heterocycles. The fourth-order valence-corrected chi connectivity index (χ4v) is 12.1. The van der Waals surface area contributed by atoms with Crippen LogP contribution in [0.3, 0.4) is 0 Å². The molecule has 6 fully saturated rings. The zero-order chi connectivity index (χ0) is 147. The first-order chi connectivity index (χ1) is 86.7. The summed E-state index contributed by atoms with van der Waals surface area (Å²) in [6.45, 7) is -37.9. The number of nitrogens with zero attached hydrogens (tertiary/aromatic N) is 6. The van der Waals surface area contributed by atoms with Gasteiger partial charge in [-0.15, -0.1) is 0 Å². The van der Waals surface area contributed by atoms with Crippen molar-refractivity contribution >= 4 is 102 Å². The Labute approximate surface area is 829 Å². The number of alkyl carbamates (subject to hydrolysis) is 6. The fourth-order valence-electron chi connectivity index (χ4n) is 12.1. The quantitative estimate of drug-likeness (QED) is 0.0186. The van der Waals surface area contributed by atoms with E-state index in [0.29, 0.717) is 39.9 Å². The van der Waals surface area contributed by atoms with E-state index in [2.05, 4.69) is 64.2 Å². The van der Waals surface area contributed by atoms with E-state index in [1.165, 1.54) is 24.6 Å². The lowest BCUT2D eigenvalue weighted by Gasteiger charge is -2.09. The smallest absolute Gasteiger partial charge is 0.407 e. The number of rotatable bonds is 30. The Balaban J connectivity index is 0.000000187. The molecular formula is C96H126N18O12. The maximum absolute atomic E-state index is 11.7. The van der Waals surface area contributed by atoms with Crippen LogP contribution in [0.4, 0.5) is 28.8 Å². The number of aromatic nitrogens is 6. The highest BCUT2D eigenvalue weighted by atomic mass is 16.6. The molecule has 6 atom stereocenters. The third-order valence-corrected chi connectivity index (χ3v) is 17.8. The monoisotopic (exact) mass is 1790 g/mol. The number of likely N-dealkylation sites (N-methyl/N-ethyl adjacent to an activating group) is 6. The highest BCUT2D eigenvalue weighted by molar-refractivity contribution is 5.88. The lowest BCUT2D eigenvalue weighted by Crippen LogP contribution is -2.28. The van der Waals surface area contributed by atoms with Crippen LogP contribution in [0.25, 0.3) is 65.4 Å². The number of carbonyl (C=O) groups excluding carboxylic acids is 6. The number of amides is 6. The van der Waals surface area contributed by atoms with Crippen molar-refractivity contribution in [2.75, 3.05) is 163 Å². The Morgan fingerprint density at radius 2 is 0.690 bits per heavy atom. The van der Waals surface area contributed by atoms with Gasteiger partial charge in [0.15, 0.2) is 8.47 Å². The van der Waals surface area contributed by atoms with Crippen LogP contribution in [0.15, 0.2) is 146 Å². The van der Waals surface area contributed by atoms with Gasteiger partial charge < -0.3 is 120 Å². The van der Waals surface area contributed by atoms with E-state index in [1.54, 1.807) is 37.5 Å². The largest absolute Gasteiger partial charge is 0.447 e. The van der Waals surface area contributed by atoms with Crippen LogP contribution >= 0.6 is 0 Å². The number of ether oxygens (including phenoxy) is 6. The molecular weight excluding hydrogens is 1600 g/mol. The zero-order valence-electron chi connectivity index (χ0n) is 134. The van der Waals surface area contributed by atoms with Crippen molar-refractivity contribution in [1.82, 2.24) is 91.2 Å². The summed E-state index contributed by atoms with van der Waals surface area (Å²) in [7, 11) is 8.80. The minimum Gasteiger partial charge on any atom is -0.447 e. The first-order valence-corrected chi connectivity index (χ1v) is 37.7. The molecule has 30 heteroatoms. The van der Waals surface area contributed by atoms with E-state index in [4.69, 9.17) is 90.7 Å². The minimum absolute atomic E-state index is 0.0147. The van der Waals surface area contributed by atoms with Gasteiger partial charge in [0, 0.05) is 191 Å². The van der Waals surface area contributed by atoms with Crippen LogP contribution in [0.2, 0.25) is 8.47 Å². The van der Waals surface area contributed by atoms with E-state index >= 15 is 0 Å². The molecule has 0 spiro atoms. The predicted molar refractivity (Wildman–Crippen MR) is 495 cm³/mol. The molecule has 6 saturated heterocycles. The van der Waals surface area contributed by atoms with Gasteiger partial charge in [0.2, 0.25) is 0 Å². The number of aromatic amines is 6. The predicted octanol–water partition coefficient (Wildman–Crippen LogP) is 11.5. The SMILES string of the molecule is [2H]C([2H])([2H])N(C)CCc1c[nH]c2ccc(C[C@]3([2H])NC(=O)OC3([2H])[2H])cc12.[2H]C([2H])([2H])N(CCc1c[nH]c2ccc(C[C@]3([2H])NC(=O)OC3([2H])[2H])cc12)C([2H])([2H])[2H].[2H]C1([2H])OC(=O)N[C@@]1([2H])Cc1ccc2[nH]cc(CCN(C)C)c2c1.[2H]c1c(C([2H])([2H])[C@@]2([2H])COC(=O)N2[2H])c([2H])c2c(C([2H])([2H])C([2H])([2H])N(C([2H])([2H])[2H])C([2H])([2H])[2H])c([2H])n([2H])c2c1[2H].[2H]c1c(C([2H])([2H])[C@@]2([2H])COC(=O)N2[2H])c([2H])c2c(C([2H])([2H])C([2H])([2H])N(C)C([2H])([2H])[2H])c([2H])n([2H])c2c1[2H].[2H]c1c(C([2H])([2H])[C@@]2([2H])COC(=O)N2[2H])c([2H])c2c(C([2H])([2H])C([2H])([2H])N(C)C)c([2H])n([2H])c2c1[2H]. The Bertz CT molecular complexity index is 9040. The summed E-state index contributed by atoms with van der Waals surface area (Å²) >= 11 is 0. The van der Waals surface area contributed by atoms with Gasteiger partial charge in [-0.05, 0) is 300 Å². The second kappa shape index (κ2) is 43.7. The van der Waals surface area contributed by atoms with Gasteiger partial charge in [0.05, 0.1) is 69.0 Å². The Kier molecular flexibility index (Phi) is 13.7. The molecule has 0 bridgehead atoms. The summed E-state index contributed by atoms with van der Waals surface area (Å²) in [6.07, 6.45) is -23.7. The molecule has 672 valence electrons. The van der Waals surface area contributed by atoms with Crippen LogP contribution in [0.5, 0.6) is 0 Å². The highest BCUT2D eigenvalue weighted by Gasteiger charge is 2.29. The van der Waals surface area contributed by atoms with Gasteiger partial charge in [0.25, 0.3) is 0 Å². The summed E-state index contributed by atoms with van der Waals surface area (Å²) in [5, 5.41) is 6.36. The van der Waals surface area contributed by atoms with Gasteiger partial charge in [-0.3, -0.25) is 0 Å². The van der Waals surface area contributed by atoms with Gasteiger partial charge in [-0.2, -0.15) is 0 Å². The Morgan fingerprint density at radius 1 is 0.365 bits per heavy atom. The summed E-state index contributed by atoms with van der Waals surface area (Å²) in [6, 6.07) is -7.56. The minimum atomic E-state index is -4.03. The summed E-state index contributed by atoms with van der Waals surface area (Å²) in [5.41, 5.74) is -1.22. The number of carbonyl (C=O) groups is 6. The number of hydrogen-bond donors (Lipinski definition) is 12. The normalized spacial score (nSPS) is 32.4. The molecule has 0 aliphatic carbocycles. The average molecular weight is 1790 g/mol. The van der Waals surface area contributed by atoms with E-state index in [1.807, 2.05) is 56.8 Å². The standard InChI is InChI=1S/6C16H21N3O2/c6*1-19(2)6-5-12-9-17-15-4-3-11(8-14(12)15)7-13-10-21-16(20)18-13/h6*3-4,8-9,13,17H,5-7,10H2,1-2H3,(H,18,20)/t6*13-/m000000/s1/i1D3,2D3,3D,4D,5D2,6D2,7D2,8D,9D,13D;1D3,3D,4D,5D2,6D2,7D2,8D,9D,13D;3D,4D,5D2,6D2,7D2,8D,9D,13D;1D3,2D3,10D2,13D;1D3,10D2,13D;10D2,13D/hD6. The summed E-state index contributed by atoms with van der Waals surface area (Å²) < 4.78 is 558. The molecule has 18 rings (SSSR count). The molecule has 12 heterocycles. The van der Waals surface area contributed by atoms with Crippen molar-refractivity contribution in [2.45, 2.75) is 113 Å². The van der Waals surface area contributed by atoms with Crippen molar-refractivity contribution in [3.05, 3.63) is 213 Å². The van der Waals surface area contributed by atoms with Crippen LogP contribution in [0.1, 0.15) is 149 Å². The molecule has 6 amide bonds. The summed E-state index contributed by atoms with van der Waals surface area (Å²) in [5.74, 6) is 0. The lowest BCUT2D eigenvalue weighted by molar-refractivity contribution is 0.176. The molecule has 0 unspecified atom stereocenters. The van der Waals surface area contributed by atoms with E-state index in [-0.39, 0.29) is 68.0 Å². The van der Waals surface area contributed by atoms with Crippen LogP contribution in [0, 0.1) is 0 Å². The first kappa shape index (κ1) is 39.4. The fraction of sp³-hybridized carbons (Fsp3) is 0.438. The van der Waals surface area contributed by atoms with E-state index in [9.17, 15) is 28.8 Å². The van der Waals surface area contributed by atoms with Crippen molar-refractivity contribution in [1.29, 1.82) is 0 Å². The number of cyclic esters (lactones) is 6. The number of benzene rings is 6. The lowest BCUT2D eigenvalue weighted by atomic mass is 10.0. The maximum atomic E-state index is 11.7. The van der Waals surface area contributed by atoms with E-state index < -0.39 is 356 Å².